The Morgan fingerprint density at radius 2 is 1.91 bits per heavy atom. The number of ether oxygens (including phenoxy) is 2. The lowest BCUT2D eigenvalue weighted by Crippen LogP contribution is -2.71. The van der Waals surface area contributed by atoms with E-state index in [2.05, 4.69) is 25.7 Å². The molecule has 2 amide bonds. The molecule has 246 valence electrons. The van der Waals surface area contributed by atoms with Crippen LogP contribution in [0.4, 0.5) is 5.13 Å². The molecule has 4 N–H and O–H groups in total. The molecule has 16 nitrogen and oxygen atoms in total. The molecule has 0 spiro atoms. The molecule has 20 heteroatoms. The van der Waals surface area contributed by atoms with E-state index < -0.39 is 41.1 Å². The Kier molecular flexibility index (Phi) is 10.4. The normalized spacial score (nSPS) is 17.5. The molecule has 2 aliphatic heterocycles. The number of nitrogen functional groups attached to an aromatic ring is 1. The third kappa shape index (κ3) is 7.56. The van der Waals surface area contributed by atoms with E-state index in [1.54, 1.807) is 13.0 Å². The van der Waals surface area contributed by atoms with E-state index in [1.165, 1.54) is 71.1 Å². The van der Waals surface area contributed by atoms with Gasteiger partial charge in [0, 0.05) is 36.3 Å². The van der Waals surface area contributed by atoms with Gasteiger partial charge < -0.3 is 30.5 Å². The van der Waals surface area contributed by atoms with Crippen LogP contribution in [0.5, 0.6) is 11.5 Å². The lowest BCUT2D eigenvalue weighted by atomic mass is 10.0. The van der Waals surface area contributed by atoms with Gasteiger partial charge in [0.05, 0.1) is 0 Å². The summed E-state index contributed by atoms with van der Waals surface area (Å²) in [6, 6.07) is 3.62. The summed E-state index contributed by atoms with van der Waals surface area (Å²) in [4.78, 5) is 71.9. The maximum Gasteiger partial charge on any atom is 0.352 e. The van der Waals surface area contributed by atoms with E-state index in [0.717, 1.165) is 11.3 Å². The number of carbonyl (C=O) groups is 5. The molecule has 0 bridgehead atoms. The van der Waals surface area contributed by atoms with Gasteiger partial charge in [-0.1, -0.05) is 28.3 Å². The fraction of sp³-hybridized carbons (Fsp3) is 0.296. The van der Waals surface area contributed by atoms with E-state index in [4.69, 9.17) is 20.0 Å². The van der Waals surface area contributed by atoms with Crippen molar-refractivity contribution in [1.82, 2.24) is 25.4 Å². The number of carboxylic acids is 1. The number of aliphatic carboxylic acids is 1. The minimum atomic E-state index is -1.27. The van der Waals surface area contributed by atoms with Crippen LogP contribution in [0.15, 0.2) is 44.3 Å². The number of thiazole rings is 1. The zero-order valence-electron chi connectivity index (χ0n) is 24.7. The number of oxime groups is 1. The van der Waals surface area contributed by atoms with E-state index in [9.17, 15) is 29.1 Å². The quantitative estimate of drug-likeness (QED) is 0.0610. The Morgan fingerprint density at radius 3 is 2.57 bits per heavy atom. The number of thioether (sulfide) groups is 2. The molecule has 2 atom stereocenters. The van der Waals surface area contributed by atoms with E-state index in [-0.39, 0.29) is 51.8 Å². The van der Waals surface area contributed by atoms with Gasteiger partial charge in [-0.2, -0.15) is 0 Å². The first-order chi connectivity index (χ1) is 22.5. The van der Waals surface area contributed by atoms with Crippen molar-refractivity contribution < 1.29 is 43.4 Å². The largest absolute Gasteiger partial charge is 0.477 e. The Balaban J connectivity index is 1.28. The number of carbonyl (C=O) groups excluding carboxylic acids is 4. The van der Waals surface area contributed by atoms with Gasteiger partial charge in [-0.05, 0) is 30.7 Å². The summed E-state index contributed by atoms with van der Waals surface area (Å²) in [7, 11) is 0. The molecule has 2 aromatic heterocycles. The Labute approximate surface area is 282 Å². The second-order valence-corrected chi connectivity index (χ2v) is 13.8. The zero-order chi connectivity index (χ0) is 33.8. The molecule has 1 saturated heterocycles. The number of aromatic nitrogens is 3. The lowest BCUT2D eigenvalue weighted by molar-refractivity contribution is -0.150. The molecular weight excluding hydrogens is 695 g/mol. The Morgan fingerprint density at radius 1 is 1.17 bits per heavy atom. The summed E-state index contributed by atoms with van der Waals surface area (Å²) in [5.74, 6) is -3.15. The van der Waals surface area contributed by atoms with E-state index >= 15 is 0 Å². The highest BCUT2D eigenvalue weighted by atomic mass is 32.2. The van der Waals surface area contributed by atoms with Crippen molar-refractivity contribution in [3.05, 3.63) is 40.5 Å². The molecule has 0 aliphatic carbocycles. The third-order valence-corrected chi connectivity index (χ3v) is 10.5. The van der Waals surface area contributed by atoms with Crippen molar-refractivity contribution in [1.29, 1.82) is 0 Å². The first-order valence-corrected chi connectivity index (χ1v) is 17.3. The first kappa shape index (κ1) is 33.8. The fourth-order valence-electron chi connectivity index (χ4n) is 4.38. The summed E-state index contributed by atoms with van der Waals surface area (Å²) in [6.45, 7) is 4.32. The molecule has 1 fully saturated rings. The summed E-state index contributed by atoms with van der Waals surface area (Å²) in [5, 5.41) is 26.5. The maximum atomic E-state index is 13.2. The second-order valence-electron chi connectivity index (χ2n) is 9.56. The van der Waals surface area contributed by atoms with Crippen LogP contribution in [0.25, 0.3) is 10.6 Å². The molecule has 5 rings (SSSR count). The number of carboxylic acid groups (broad SMARTS) is 1. The number of nitrogens with two attached hydrogens (primary N) is 1. The van der Waals surface area contributed by atoms with Gasteiger partial charge >= 0.3 is 17.9 Å². The monoisotopic (exact) mass is 719 g/mol. The zero-order valence-corrected chi connectivity index (χ0v) is 28.0. The Bertz CT molecular complexity index is 1820. The predicted molar refractivity (Wildman–Crippen MR) is 173 cm³/mol. The second kappa shape index (κ2) is 14.5. The van der Waals surface area contributed by atoms with Crippen LogP contribution in [0.2, 0.25) is 0 Å². The van der Waals surface area contributed by atoms with Crippen LogP contribution in [0, 0.1) is 0 Å². The number of hydrogen-bond acceptors (Lipinski definition) is 17. The smallest absolute Gasteiger partial charge is 0.352 e. The van der Waals surface area contributed by atoms with Gasteiger partial charge in [0.1, 0.15) is 34.4 Å². The van der Waals surface area contributed by atoms with Gasteiger partial charge in [-0.25, -0.2) is 9.78 Å². The number of anilines is 1. The summed E-state index contributed by atoms with van der Waals surface area (Å²) in [5.41, 5.74) is 6.63. The van der Waals surface area contributed by atoms with Crippen molar-refractivity contribution in [3.8, 4) is 22.1 Å². The van der Waals surface area contributed by atoms with Gasteiger partial charge in [0.15, 0.2) is 26.7 Å². The Hall–Kier alpha value is -4.53. The summed E-state index contributed by atoms with van der Waals surface area (Å²) >= 11 is 4.89. The lowest BCUT2D eigenvalue weighted by Gasteiger charge is -2.49. The van der Waals surface area contributed by atoms with Crippen molar-refractivity contribution in [2.24, 2.45) is 5.16 Å². The van der Waals surface area contributed by atoms with Crippen LogP contribution in [-0.4, -0.2) is 90.2 Å². The standard InChI is InChI=1S/C27H25N7O9S4/c1-4-41-33-18(15-10-45-26(28)29-15)21(37)30-19-23(38)34-20(25(39)40)14(8-44-24(19)34)9-46-27-32-31-22(47-27)13-5-6-16(42-11(2)35)17(7-13)43-12(3)36/h5-7,10,19,24H,4,8-9H2,1-3H3,(H2,28,29)(H,30,37)(H,39,40)/t19-,24-/m1/s1. The highest BCUT2D eigenvalue weighted by Crippen LogP contribution is 2.42. The summed E-state index contributed by atoms with van der Waals surface area (Å²) < 4.78 is 10.8. The van der Waals surface area contributed by atoms with Crippen molar-refractivity contribution in [2.45, 2.75) is 36.5 Å². The number of hydrogen-bond donors (Lipinski definition) is 3. The van der Waals surface area contributed by atoms with Crippen molar-refractivity contribution >= 4 is 86.8 Å². The number of fused-ring (bicyclic) bond motifs is 1. The van der Waals surface area contributed by atoms with Crippen LogP contribution >= 0.6 is 46.2 Å². The average Bonchev–Trinajstić information content (AvgIpc) is 3.68. The highest BCUT2D eigenvalue weighted by Gasteiger charge is 2.54. The number of benzene rings is 1. The van der Waals surface area contributed by atoms with Gasteiger partial charge in [-0.15, -0.1) is 33.3 Å². The van der Waals surface area contributed by atoms with Crippen molar-refractivity contribution in [3.63, 3.8) is 0 Å². The number of nitrogens with one attached hydrogen (secondary N) is 1. The molecule has 0 unspecified atom stereocenters. The number of β-lactam (4-membered cyclic amide) rings is 1. The summed E-state index contributed by atoms with van der Waals surface area (Å²) in [6.07, 6.45) is 0. The highest BCUT2D eigenvalue weighted by molar-refractivity contribution is 8.01. The maximum absolute atomic E-state index is 13.2. The molecule has 4 heterocycles. The van der Waals surface area contributed by atoms with Crippen molar-refractivity contribution in [2.75, 3.05) is 23.8 Å². The van der Waals surface area contributed by atoms with Crippen LogP contribution < -0.4 is 20.5 Å². The molecule has 0 saturated carbocycles. The van der Waals surface area contributed by atoms with Gasteiger partial charge in [0.25, 0.3) is 11.8 Å². The van der Waals surface area contributed by atoms with Gasteiger partial charge in [-0.3, -0.25) is 24.1 Å². The number of rotatable bonds is 12. The molecule has 2 aliphatic rings. The SMILES string of the molecule is CCON=C(C(=O)N[C@@H]1C(=O)N2C(C(=O)O)=C(CSc3nnc(-c4ccc(OC(C)=O)c(OC(C)=O)c4)s3)CS[C@H]12)c1csc(N)n1. The van der Waals surface area contributed by atoms with Crippen LogP contribution in [-0.2, 0) is 28.8 Å². The molecular formula is C27H25N7O9S4. The van der Waals surface area contributed by atoms with Gasteiger partial charge in [0.2, 0.25) is 0 Å². The van der Waals surface area contributed by atoms with Crippen LogP contribution in [0.1, 0.15) is 26.5 Å². The predicted octanol–water partition coefficient (Wildman–Crippen LogP) is 2.37. The average molecular weight is 720 g/mol. The topological polar surface area (TPSA) is 226 Å². The number of nitrogens with zero attached hydrogens (tertiary/aromatic N) is 5. The number of esters is 2. The number of amides is 2. The minimum absolute atomic E-state index is 0.0407. The fourth-order valence-corrected chi connectivity index (χ4v) is 8.26. The third-order valence-electron chi connectivity index (χ3n) is 6.28. The molecule has 47 heavy (non-hydrogen) atoms. The first-order valence-electron chi connectivity index (χ1n) is 13.6. The minimum Gasteiger partial charge on any atom is -0.477 e. The van der Waals surface area contributed by atoms with Crippen LogP contribution in [0.3, 0.4) is 0 Å². The van der Waals surface area contributed by atoms with E-state index in [0.29, 0.717) is 20.5 Å². The molecule has 3 aromatic rings. The van der Waals surface area contributed by atoms with E-state index in [1.807, 2.05) is 0 Å². The molecule has 1 aromatic carbocycles. The molecule has 0 radical (unpaired) electrons.